The standard InChI is InChI=1S/C21H22FN7O2/c1-11(23)7-16(25-2)14-9-27-21(29-10-17(19(24)30)28-20(14)29)26-8-13-12-5-6-31-18(12)4-3-15(13)22/h3-4,7,9-10H,5-6,8,23H2,1-2H3,(H2,24,30)(H,26,27). The van der Waals surface area contributed by atoms with Crippen molar-refractivity contribution in [1.82, 2.24) is 14.4 Å². The van der Waals surface area contributed by atoms with Gasteiger partial charge in [-0.3, -0.25) is 14.2 Å². The summed E-state index contributed by atoms with van der Waals surface area (Å²) in [5.41, 5.74) is 14.8. The van der Waals surface area contributed by atoms with Crippen LogP contribution in [0.1, 0.15) is 34.1 Å². The van der Waals surface area contributed by atoms with Crippen LogP contribution in [0, 0.1) is 5.82 Å². The zero-order valence-electron chi connectivity index (χ0n) is 17.1. The highest BCUT2D eigenvalue weighted by Gasteiger charge is 2.21. The molecule has 0 saturated carbocycles. The topological polar surface area (TPSA) is 133 Å². The van der Waals surface area contributed by atoms with Crippen molar-refractivity contribution in [3.8, 4) is 5.75 Å². The Bertz CT molecular complexity index is 1240. The van der Waals surface area contributed by atoms with E-state index in [1.807, 2.05) is 0 Å². The smallest absolute Gasteiger partial charge is 0.268 e. The van der Waals surface area contributed by atoms with Crippen LogP contribution >= 0.6 is 0 Å². The van der Waals surface area contributed by atoms with Crippen molar-refractivity contribution in [1.29, 1.82) is 0 Å². The van der Waals surface area contributed by atoms with Gasteiger partial charge in [0, 0.05) is 49.2 Å². The predicted octanol–water partition coefficient (Wildman–Crippen LogP) is 1.80. The molecule has 0 fully saturated rings. The molecule has 2 aromatic heterocycles. The minimum absolute atomic E-state index is 0.0707. The number of nitrogens with two attached hydrogens (primary N) is 2. The maximum absolute atomic E-state index is 14.5. The van der Waals surface area contributed by atoms with Gasteiger partial charge in [0.1, 0.15) is 17.3 Å². The van der Waals surface area contributed by atoms with E-state index in [0.717, 1.165) is 5.56 Å². The summed E-state index contributed by atoms with van der Waals surface area (Å²) in [5, 5.41) is 3.14. The number of hydrogen-bond donors (Lipinski definition) is 3. The van der Waals surface area contributed by atoms with E-state index in [-0.39, 0.29) is 18.1 Å². The monoisotopic (exact) mass is 423 g/mol. The minimum Gasteiger partial charge on any atom is -0.493 e. The van der Waals surface area contributed by atoms with Crippen molar-refractivity contribution in [2.45, 2.75) is 19.9 Å². The number of nitrogens with zero attached hydrogens (tertiary/aromatic N) is 4. The number of benzene rings is 1. The summed E-state index contributed by atoms with van der Waals surface area (Å²) in [6, 6.07) is 3.03. The number of carbonyl (C=O) groups excluding carboxylic acids is 1. The number of rotatable bonds is 6. The van der Waals surface area contributed by atoms with Crippen molar-refractivity contribution in [2.24, 2.45) is 16.5 Å². The number of aromatic nitrogens is 3. The number of amides is 1. The number of nitrogens with one attached hydrogen (secondary N) is 1. The number of imidazole rings is 1. The summed E-state index contributed by atoms with van der Waals surface area (Å²) in [7, 11) is 1.62. The first kappa shape index (κ1) is 20.3. The quantitative estimate of drug-likeness (QED) is 0.518. The van der Waals surface area contributed by atoms with E-state index < -0.39 is 5.91 Å². The number of aliphatic imine (C=N–C) groups is 1. The molecule has 1 aliphatic heterocycles. The van der Waals surface area contributed by atoms with Gasteiger partial charge in [0.15, 0.2) is 5.65 Å². The summed E-state index contributed by atoms with van der Waals surface area (Å²) >= 11 is 0. The van der Waals surface area contributed by atoms with Crippen LogP contribution in [0.3, 0.4) is 0 Å². The zero-order valence-corrected chi connectivity index (χ0v) is 17.1. The van der Waals surface area contributed by atoms with Crippen LogP contribution in [0.5, 0.6) is 5.75 Å². The third-order valence-corrected chi connectivity index (χ3v) is 4.99. The van der Waals surface area contributed by atoms with Crippen LogP contribution in [0.2, 0.25) is 0 Å². The normalized spacial score (nSPS) is 13.9. The fourth-order valence-corrected chi connectivity index (χ4v) is 3.56. The molecule has 10 heteroatoms. The molecule has 0 spiro atoms. The Morgan fingerprint density at radius 2 is 2.23 bits per heavy atom. The Morgan fingerprint density at radius 1 is 1.42 bits per heavy atom. The highest BCUT2D eigenvalue weighted by Crippen LogP contribution is 2.30. The first-order valence-electron chi connectivity index (χ1n) is 9.64. The lowest BCUT2D eigenvalue weighted by molar-refractivity contribution is 0.0996. The van der Waals surface area contributed by atoms with E-state index in [2.05, 4.69) is 20.3 Å². The molecule has 5 N–H and O–H groups in total. The molecule has 1 aromatic carbocycles. The van der Waals surface area contributed by atoms with Gasteiger partial charge in [0.25, 0.3) is 5.91 Å². The van der Waals surface area contributed by atoms with E-state index in [1.54, 1.807) is 36.7 Å². The lowest BCUT2D eigenvalue weighted by atomic mass is 10.0. The Labute approximate surface area is 177 Å². The molecule has 1 amide bonds. The molecule has 0 unspecified atom stereocenters. The van der Waals surface area contributed by atoms with Crippen molar-refractivity contribution in [3.63, 3.8) is 0 Å². The molecule has 9 nitrogen and oxygen atoms in total. The van der Waals surface area contributed by atoms with E-state index in [9.17, 15) is 9.18 Å². The van der Waals surface area contributed by atoms with E-state index in [4.69, 9.17) is 16.2 Å². The lowest BCUT2D eigenvalue weighted by Gasteiger charge is -2.13. The molecule has 3 aromatic rings. The zero-order chi connectivity index (χ0) is 22.1. The number of halogens is 1. The van der Waals surface area contributed by atoms with Gasteiger partial charge in [-0.1, -0.05) is 0 Å². The highest BCUT2D eigenvalue weighted by atomic mass is 19.1. The predicted molar refractivity (Wildman–Crippen MR) is 115 cm³/mol. The Kier molecular flexibility index (Phi) is 5.28. The summed E-state index contributed by atoms with van der Waals surface area (Å²) in [5.74, 6) is 0.0684. The van der Waals surface area contributed by atoms with Crippen molar-refractivity contribution in [3.05, 3.63) is 64.5 Å². The van der Waals surface area contributed by atoms with Crippen LogP contribution in [0.25, 0.3) is 5.65 Å². The van der Waals surface area contributed by atoms with Crippen LogP contribution < -0.4 is 21.5 Å². The van der Waals surface area contributed by atoms with E-state index >= 15 is 0 Å². The molecule has 0 aliphatic carbocycles. The van der Waals surface area contributed by atoms with Gasteiger partial charge in [0.2, 0.25) is 5.95 Å². The number of primary amides is 1. The molecule has 31 heavy (non-hydrogen) atoms. The van der Waals surface area contributed by atoms with Gasteiger partial charge in [0.05, 0.1) is 17.9 Å². The summed E-state index contributed by atoms with van der Waals surface area (Å²) in [6.07, 6.45) is 5.39. The van der Waals surface area contributed by atoms with Crippen LogP contribution in [0.15, 0.2) is 41.3 Å². The largest absolute Gasteiger partial charge is 0.493 e. The van der Waals surface area contributed by atoms with Crippen molar-refractivity contribution < 1.29 is 13.9 Å². The van der Waals surface area contributed by atoms with Gasteiger partial charge < -0.3 is 21.5 Å². The van der Waals surface area contributed by atoms with E-state index in [0.29, 0.717) is 52.9 Å². The molecule has 0 saturated heterocycles. The minimum atomic E-state index is -0.676. The number of hydrogen-bond acceptors (Lipinski definition) is 7. The maximum atomic E-state index is 14.5. The van der Waals surface area contributed by atoms with Crippen molar-refractivity contribution in [2.75, 3.05) is 19.0 Å². The highest BCUT2D eigenvalue weighted by molar-refractivity contribution is 6.12. The number of ether oxygens (including phenoxy) is 1. The lowest BCUT2D eigenvalue weighted by Crippen LogP contribution is -2.12. The summed E-state index contributed by atoms with van der Waals surface area (Å²) in [6.45, 7) is 2.45. The SMILES string of the molecule is CN=C(C=C(C)N)c1cnc(NCc2c(F)ccc3c2CCO3)n2cc(C(N)=O)nc12. The summed E-state index contributed by atoms with van der Waals surface area (Å²) < 4.78 is 21.6. The number of allylic oxidation sites excluding steroid dienone is 2. The molecule has 3 heterocycles. The molecule has 0 bridgehead atoms. The van der Waals surface area contributed by atoms with Gasteiger partial charge >= 0.3 is 0 Å². The molecule has 4 rings (SSSR count). The van der Waals surface area contributed by atoms with Crippen LogP contribution in [-0.2, 0) is 13.0 Å². The first-order chi connectivity index (χ1) is 14.9. The molecular formula is C21H22FN7O2. The maximum Gasteiger partial charge on any atom is 0.268 e. The van der Waals surface area contributed by atoms with Gasteiger partial charge in [-0.25, -0.2) is 14.4 Å². The van der Waals surface area contributed by atoms with Gasteiger partial charge in [-0.05, 0) is 25.1 Å². The van der Waals surface area contributed by atoms with Gasteiger partial charge in [-0.15, -0.1) is 0 Å². The van der Waals surface area contributed by atoms with Crippen molar-refractivity contribution >= 4 is 23.2 Å². The Balaban J connectivity index is 1.76. The first-order valence-corrected chi connectivity index (χ1v) is 9.64. The van der Waals surface area contributed by atoms with Crippen LogP contribution in [0.4, 0.5) is 10.3 Å². The number of fused-ring (bicyclic) bond motifs is 2. The third-order valence-electron chi connectivity index (χ3n) is 4.99. The second-order valence-electron chi connectivity index (χ2n) is 7.13. The van der Waals surface area contributed by atoms with Crippen LogP contribution in [-0.4, -0.2) is 39.6 Å². The van der Waals surface area contributed by atoms with E-state index in [1.165, 1.54) is 12.3 Å². The Hall–Kier alpha value is -3.95. The Morgan fingerprint density at radius 3 is 2.94 bits per heavy atom. The second kappa shape index (κ2) is 8.05. The number of carbonyl (C=O) groups is 1. The number of anilines is 1. The van der Waals surface area contributed by atoms with Gasteiger partial charge in [-0.2, -0.15) is 0 Å². The molecule has 1 aliphatic rings. The third kappa shape index (κ3) is 3.79. The molecule has 0 radical (unpaired) electrons. The molecule has 0 atom stereocenters. The second-order valence-corrected chi connectivity index (χ2v) is 7.13. The molecular weight excluding hydrogens is 401 g/mol. The fraction of sp³-hybridized carbons (Fsp3) is 0.238. The average molecular weight is 423 g/mol. The average Bonchev–Trinajstić information content (AvgIpc) is 3.38. The summed E-state index contributed by atoms with van der Waals surface area (Å²) in [4.78, 5) is 24.8. The fourth-order valence-electron chi connectivity index (χ4n) is 3.56. The molecule has 160 valence electrons.